The molecular weight excluding hydrogens is 490 g/mol. The maximum Gasteiger partial charge on any atom is 0.184 e. The van der Waals surface area contributed by atoms with Gasteiger partial charge >= 0.3 is 0 Å². The van der Waals surface area contributed by atoms with Crippen LogP contribution >= 0.6 is 0 Å². The van der Waals surface area contributed by atoms with Crippen LogP contribution < -0.4 is 25.6 Å². The monoisotopic (exact) mass is 515 g/mol. The second-order valence-electron chi connectivity index (χ2n) is 10.1. The molecule has 0 aliphatic carbocycles. The summed E-state index contributed by atoms with van der Waals surface area (Å²) in [5.74, 6) is 0. The van der Waals surface area contributed by atoms with Crippen LogP contribution in [0.3, 0.4) is 0 Å². The molecule has 2 heterocycles. The Bertz CT molecular complexity index is 1890. The number of hydrogen-bond donors (Lipinski definition) is 0. The lowest BCUT2D eigenvalue weighted by Crippen LogP contribution is -2.77. The van der Waals surface area contributed by atoms with Gasteiger partial charge in [0.05, 0.1) is 0 Å². The molecule has 184 valence electrons. The average molecular weight is 516 g/mol. The highest BCUT2D eigenvalue weighted by atomic mass is 28.3. The zero-order valence-electron chi connectivity index (χ0n) is 21.3. The van der Waals surface area contributed by atoms with Crippen LogP contribution in [0.5, 0.6) is 0 Å². The second kappa shape index (κ2) is 8.59. The van der Waals surface area contributed by atoms with Gasteiger partial charge in [-0.3, -0.25) is 0 Å². The summed E-state index contributed by atoms with van der Waals surface area (Å²) in [5.41, 5.74) is 5.45. The molecule has 1 aromatic heterocycles. The Morgan fingerprint density at radius 1 is 0.436 bits per heavy atom. The van der Waals surface area contributed by atoms with Gasteiger partial charge in [0.25, 0.3) is 0 Å². The van der Waals surface area contributed by atoms with Crippen molar-refractivity contribution in [1.29, 1.82) is 0 Å². The van der Waals surface area contributed by atoms with Crippen LogP contribution in [0.4, 0.5) is 17.1 Å². The van der Waals surface area contributed by atoms with Crippen LogP contribution in [0.2, 0.25) is 0 Å². The van der Waals surface area contributed by atoms with Gasteiger partial charge in [0.1, 0.15) is 11.2 Å². The third kappa shape index (κ3) is 3.14. The summed E-state index contributed by atoms with van der Waals surface area (Å²) in [4.78, 5) is 2.45. The van der Waals surface area contributed by atoms with Gasteiger partial charge in [-0.25, -0.2) is 0 Å². The van der Waals surface area contributed by atoms with Crippen LogP contribution in [-0.2, 0) is 0 Å². The van der Waals surface area contributed by atoms with E-state index in [-0.39, 0.29) is 0 Å². The summed E-state index contributed by atoms with van der Waals surface area (Å²) in [6.45, 7) is 0. The molecule has 8 rings (SSSR count). The molecule has 0 saturated carbocycles. The van der Waals surface area contributed by atoms with Crippen molar-refractivity contribution in [2.75, 3.05) is 4.90 Å². The molecule has 3 heteroatoms. The summed E-state index contributed by atoms with van der Waals surface area (Å²) in [7, 11) is -2.60. The van der Waals surface area contributed by atoms with E-state index in [2.05, 4.69) is 144 Å². The van der Waals surface area contributed by atoms with Crippen molar-refractivity contribution in [1.82, 2.24) is 0 Å². The summed E-state index contributed by atoms with van der Waals surface area (Å²) >= 11 is 0. The first-order valence-electron chi connectivity index (χ1n) is 13.4. The Morgan fingerprint density at radius 3 is 1.59 bits per heavy atom. The SMILES string of the molecule is c1ccc([Si]2(c3ccccc3)c3ccccc3N(c3ccc4oc5ccccc5c4c3)c3ccccc32)cc1. The van der Waals surface area contributed by atoms with Gasteiger partial charge in [-0.1, -0.05) is 115 Å². The van der Waals surface area contributed by atoms with Crippen LogP contribution in [0.1, 0.15) is 0 Å². The fraction of sp³-hybridized carbons (Fsp3) is 0. The molecular formula is C36H25NOSi. The standard InChI is InChI=1S/C36H25NOSi/c1-3-13-27(14-4-1)39(28-15-5-2-6-16-28)35-21-11-8-18-31(35)37(32-19-9-12-22-36(32)39)26-23-24-34-30(25-26)29-17-7-10-20-33(29)38-34/h1-25H. The Labute approximate surface area is 228 Å². The molecule has 7 aromatic rings. The molecule has 0 spiro atoms. The van der Waals surface area contributed by atoms with Crippen molar-refractivity contribution < 1.29 is 4.42 Å². The van der Waals surface area contributed by atoms with Crippen molar-refractivity contribution in [3.8, 4) is 0 Å². The molecule has 0 amide bonds. The number of benzene rings is 6. The lowest BCUT2D eigenvalue weighted by molar-refractivity contribution is 0.669. The van der Waals surface area contributed by atoms with Gasteiger partial charge in [0, 0.05) is 27.8 Å². The van der Waals surface area contributed by atoms with Crippen LogP contribution in [0, 0.1) is 0 Å². The molecule has 0 fully saturated rings. The van der Waals surface area contributed by atoms with Gasteiger partial charge in [0.15, 0.2) is 8.07 Å². The van der Waals surface area contributed by atoms with E-state index < -0.39 is 8.07 Å². The largest absolute Gasteiger partial charge is 0.456 e. The van der Waals surface area contributed by atoms with E-state index >= 15 is 0 Å². The first-order valence-corrected chi connectivity index (χ1v) is 15.4. The minimum absolute atomic E-state index is 0.913. The second-order valence-corrected chi connectivity index (χ2v) is 13.9. The maximum atomic E-state index is 6.17. The van der Waals surface area contributed by atoms with E-state index in [0.717, 1.165) is 27.6 Å². The molecule has 0 unspecified atom stereocenters. The smallest absolute Gasteiger partial charge is 0.184 e. The molecule has 39 heavy (non-hydrogen) atoms. The third-order valence-electron chi connectivity index (χ3n) is 8.13. The predicted octanol–water partition coefficient (Wildman–Crippen LogP) is 6.75. The number of para-hydroxylation sites is 3. The van der Waals surface area contributed by atoms with Gasteiger partial charge < -0.3 is 9.32 Å². The van der Waals surface area contributed by atoms with Crippen molar-refractivity contribution >= 4 is 67.8 Å². The fourth-order valence-corrected chi connectivity index (χ4v) is 11.6. The Kier molecular flexibility index (Phi) is 4.88. The molecule has 0 atom stereocenters. The number of furan rings is 1. The molecule has 2 nitrogen and oxygen atoms in total. The number of nitrogens with zero attached hydrogens (tertiary/aromatic N) is 1. The van der Waals surface area contributed by atoms with Crippen molar-refractivity contribution in [2.45, 2.75) is 0 Å². The lowest BCUT2D eigenvalue weighted by Gasteiger charge is -2.45. The van der Waals surface area contributed by atoms with E-state index in [4.69, 9.17) is 4.42 Å². The average Bonchev–Trinajstić information content (AvgIpc) is 3.39. The van der Waals surface area contributed by atoms with Crippen LogP contribution in [-0.4, -0.2) is 8.07 Å². The van der Waals surface area contributed by atoms with Crippen molar-refractivity contribution in [2.24, 2.45) is 0 Å². The highest BCUT2D eigenvalue weighted by Gasteiger charge is 2.48. The van der Waals surface area contributed by atoms with E-state index in [0.29, 0.717) is 0 Å². The molecule has 6 aromatic carbocycles. The zero-order chi connectivity index (χ0) is 25.8. The van der Waals surface area contributed by atoms with Crippen molar-refractivity contribution in [3.63, 3.8) is 0 Å². The lowest BCUT2D eigenvalue weighted by atomic mass is 10.1. The molecule has 0 bridgehead atoms. The molecule has 0 saturated heterocycles. The Balaban J connectivity index is 1.47. The van der Waals surface area contributed by atoms with E-state index in [1.807, 2.05) is 12.1 Å². The summed E-state index contributed by atoms with van der Waals surface area (Å²) < 4.78 is 6.17. The van der Waals surface area contributed by atoms with E-state index in [1.54, 1.807) is 0 Å². The minimum atomic E-state index is -2.60. The zero-order valence-corrected chi connectivity index (χ0v) is 22.3. The Morgan fingerprint density at radius 2 is 0.949 bits per heavy atom. The first kappa shape index (κ1) is 22.2. The number of anilines is 3. The first-order chi connectivity index (χ1) is 19.4. The van der Waals surface area contributed by atoms with Crippen molar-refractivity contribution in [3.05, 3.63) is 152 Å². The third-order valence-corrected chi connectivity index (χ3v) is 13.0. The topological polar surface area (TPSA) is 16.4 Å². The number of fused-ring (bicyclic) bond motifs is 5. The van der Waals surface area contributed by atoms with E-state index in [9.17, 15) is 0 Å². The molecule has 1 aliphatic heterocycles. The fourth-order valence-electron chi connectivity index (χ4n) is 6.54. The molecule has 0 radical (unpaired) electrons. The quantitative estimate of drug-likeness (QED) is 0.242. The maximum absolute atomic E-state index is 6.17. The van der Waals surface area contributed by atoms with Gasteiger partial charge in [-0.2, -0.15) is 0 Å². The highest BCUT2D eigenvalue weighted by molar-refractivity contribution is 7.21. The minimum Gasteiger partial charge on any atom is -0.456 e. The summed E-state index contributed by atoms with van der Waals surface area (Å²) in [6.07, 6.45) is 0. The predicted molar refractivity (Wildman–Crippen MR) is 166 cm³/mol. The van der Waals surface area contributed by atoms with Crippen LogP contribution in [0.25, 0.3) is 21.9 Å². The summed E-state index contributed by atoms with van der Waals surface area (Å²) in [5, 5.41) is 7.87. The molecule has 1 aliphatic rings. The van der Waals surface area contributed by atoms with E-state index in [1.165, 1.54) is 32.1 Å². The highest BCUT2D eigenvalue weighted by Crippen LogP contribution is 2.40. The molecule has 0 N–H and O–H groups in total. The normalized spacial score (nSPS) is 13.8. The number of rotatable bonds is 3. The van der Waals surface area contributed by atoms with Gasteiger partial charge in [-0.05, 0) is 57.1 Å². The Hall–Kier alpha value is -4.86. The number of hydrogen-bond acceptors (Lipinski definition) is 2. The van der Waals surface area contributed by atoms with Gasteiger partial charge in [-0.15, -0.1) is 0 Å². The van der Waals surface area contributed by atoms with Gasteiger partial charge in [0.2, 0.25) is 0 Å². The van der Waals surface area contributed by atoms with Crippen LogP contribution in [0.15, 0.2) is 156 Å². The summed E-state index contributed by atoms with van der Waals surface area (Å²) in [6, 6.07) is 55.2.